The van der Waals surface area contributed by atoms with Crippen molar-refractivity contribution < 1.29 is 4.79 Å². The molecule has 0 atom stereocenters. The van der Waals surface area contributed by atoms with Gasteiger partial charge in [0.15, 0.2) is 5.78 Å². The van der Waals surface area contributed by atoms with Gasteiger partial charge in [0.1, 0.15) is 0 Å². The van der Waals surface area contributed by atoms with Crippen LogP contribution in [0.1, 0.15) is 35.7 Å². The van der Waals surface area contributed by atoms with Crippen molar-refractivity contribution in [2.75, 3.05) is 18.0 Å². The van der Waals surface area contributed by atoms with Crippen molar-refractivity contribution in [3.63, 3.8) is 0 Å². The molecule has 0 spiro atoms. The maximum atomic E-state index is 12.6. The van der Waals surface area contributed by atoms with Crippen molar-refractivity contribution in [1.82, 2.24) is 0 Å². The average molecular weight is 281 g/mol. The minimum atomic E-state index is 0.188. The number of nitrogens with zero attached hydrogens (tertiary/aromatic N) is 1. The average Bonchev–Trinajstić information content (AvgIpc) is 2.52. The molecular weight excluding hydrogens is 258 g/mol. The Labute approximate surface area is 127 Å². The topological polar surface area (TPSA) is 20.3 Å². The van der Waals surface area contributed by atoms with Gasteiger partial charge in [-0.2, -0.15) is 0 Å². The molecule has 0 saturated carbocycles. The number of para-hydroxylation sites is 1. The molecule has 2 rings (SSSR count). The summed E-state index contributed by atoms with van der Waals surface area (Å²) in [5.74, 6) is 0.188. The first-order valence-electron chi connectivity index (χ1n) is 7.61. The Kier molecular flexibility index (Phi) is 5.56. The van der Waals surface area contributed by atoms with Crippen molar-refractivity contribution in [2.24, 2.45) is 0 Å². The first kappa shape index (κ1) is 15.3. The summed E-state index contributed by atoms with van der Waals surface area (Å²) in [7, 11) is 0. The zero-order valence-corrected chi connectivity index (χ0v) is 12.9. The van der Waals surface area contributed by atoms with Crippen LogP contribution in [0.4, 0.5) is 5.69 Å². The Morgan fingerprint density at radius 2 is 1.67 bits per heavy atom. The number of hydrogen-bond acceptors (Lipinski definition) is 2. The number of rotatable bonds is 7. The smallest absolute Gasteiger partial charge is 0.182 e. The fourth-order valence-corrected chi connectivity index (χ4v) is 2.43. The molecule has 2 heteroatoms. The van der Waals surface area contributed by atoms with Crippen LogP contribution in [-0.2, 0) is 0 Å². The van der Waals surface area contributed by atoms with Gasteiger partial charge >= 0.3 is 0 Å². The van der Waals surface area contributed by atoms with Crippen LogP contribution in [0.5, 0.6) is 0 Å². The number of Topliss-reactive ketones (excluding diaryl/α,β-unsaturated/α-hetero) is 1. The Morgan fingerprint density at radius 1 is 1.00 bits per heavy atom. The Bertz CT molecular complexity index is 577. The SMILES string of the molecule is CCCCN(CC(=O)c1ccccc1C)c1ccccc1. The lowest BCUT2D eigenvalue weighted by molar-refractivity contribution is 0.0998. The normalized spacial score (nSPS) is 10.4. The summed E-state index contributed by atoms with van der Waals surface area (Å²) in [5, 5.41) is 0. The van der Waals surface area contributed by atoms with E-state index >= 15 is 0 Å². The summed E-state index contributed by atoms with van der Waals surface area (Å²) >= 11 is 0. The van der Waals surface area contributed by atoms with Crippen LogP contribution in [-0.4, -0.2) is 18.9 Å². The molecule has 0 radical (unpaired) electrons. The second-order valence-electron chi connectivity index (χ2n) is 5.35. The van der Waals surface area contributed by atoms with E-state index in [1.807, 2.05) is 49.4 Å². The van der Waals surface area contributed by atoms with E-state index in [-0.39, 0.29) is 5.78 Å². The molecule has 0 heterocycles. The monoisotopic (exact) mass is 281 g/mol. The maximum absolute atomic E-state index is 12.6. The summed E-state index contributed by atoms with van der Waals surface area (Å²) in [5.41, 5.74) is 2.99. The van der Waals surface area contributed by atoms with E-state index in [0.717, 1.165) is 36.2 Å². The number of carbonyl (C=O) groups excluding carboxylic acids is 1. The van der Waals surface area contributed by atoms with Crippen molar-refractivity contribution in [3.05, 3.63) is 65.7 Å². The number of carbonyl (C=O) groups is 1. The highest BCUT2D eigenvalue weighted by molar-refractivity contribution is 6.00. The molecule has 0 bridgehead atoms. The van der Waals surface area contributed by atoms with E-state index < -0.39 is 0 Å². The number of benzene rings is 2. The summed E-state index contributed by atoms with van der Waals surface area (Å²) in [6.45, 7) is 5.52. The predicted molar refractivity (Wildman–Crippen MR) is 89.1 cm³/mol. The van der Waals surface area contributed by atoms with Gasteiger partial charge in [-0.1, -0.05) is 55.8 Å². The van der Waals surface area contributed by atoms with Crippen LogP contribution in [0.3, 0.4) is 0 Å². The Balaban J connectivity index is 2.15. The van der Waals surface area contributed by atoms with Crippen molar-refractivity contribution in [2.45, 2.75) is 26.7 Å². The lowest BCUT2D eigenvalue weighted by Gasteiger charge is -2.24. The molecule has 0 N–H and O–H groups in total. The summed E-state index contributed by atoms with van der Waals surface area (Å²) < 4.78 is 0. The third-order valence-electron chi connectivity index (χ3n) is 3.68. The van der Waals surface area contributed by atoms with Gasteiger partial charge in [-0.15, -0.1) is 0 Å². The van der Waals surface area contributed by atoms with E-state index in [2.05, 4.69) is 24.0 Å². The molecule has 0 aliphatic rings. The fraction of sp³-hybridized carbons (Fsp3) is 0.316. The third kappa shape index (κ3) is 4.19. The van der Waals surface area contributed by atoms with Gasteiger partial charge in [-0.3, -0.25) is 4.79 Å². The molecule has 0 fully saturated rings. The molecule has 0 unspecified atom stereocenters. The molecule has 2 aromatic rings. The third-order valence-corrected chi connectivity index (χ3v) is 3.68. The molecule has 0 aliphatic heterocycles. The van der Waals surface area contributed by atoms with Gasteiger partial charge in [-0.05, 0) is 31.0 Å². The second-order valence-corrected chi connectivity index (χ2v) is 5.35. The molecule has 0 aromatic heterocycles. The number of anilines is 1. The molecule has 2 nitrogen and oxygen atoms in total. The first-order chi connectivity index (χ1) is 10.2. The van der Waals surface area contributed by atoms with E-state index in [1.54, 1.807) is 0 Å². The van der Waals surface area contributed by atoms with Crippen LogP contribution in [0.2, 0.25) is 0 Å². The predicted octanol–water partition coefficient (Wildman–Crippen LogP) is 4.48. The number of aryl methyl sites for hydroxylation is 1. The van der Waals surface area contributed by atoms with Crippen molar-refractivity contribution >= 4 is 11.5 Å². The van der Waals surface area contributed by atoms with Gasteiger partial charge in [0.2, 0.25) is 0 Å². The number of ketones is 1. The van der Waals surface area contributed by atoms with E-state index in [4.69, 9.17) is 0 Å². The highest BCUT2D eigenvalue weighted by atomic mass is 16.1. The molecular formula is C19H23NO. The molecule has 21 heavy (non-hydrogen) atoms. The summed E-state index contributed by atoms with van der Waals surface area (Å²) in [6.07, 6.45) is 2.22. The summed E-state index contributed by atoms with van der Waals surface area (Å²) in [6, 6.07) is 18.0. The number of unbranched alkanes of at least 4 members (excludes halogenated alkanes) is 1. The van der Waals surface area contributed by atoms with Crippen LogP contribution in [0.15, 0.2) is 54.6 Å². The zero-order valence-electron chi connectivity index (χ0n) is 12.9. The Morgan fingerprint density at radius 3 is 2.33 bits per heavy atom. The van der Waals surface area contributed by atoms with Crippen molar-refractivity contribution in [3.8, 4) is 0 Å². The molecule has 0 aliphatic carbocycles. The lowest BCUT2D eigenvalue weighted by atomic mass is 10.0. The van der Waals surface area contributed by atoms with Gasteiger partial charge in [0, 0.05) is 17.8 Å². The largest absolute Gasteiger partial charge is 0.364 e. The molecule has 110 valence electrons. The molecule has 0 saturated heterocycles. The molecule has 2 aromatic carbocycles. The highest BCUT2D eigenvalue weighted by Gasteiger charge is 2.14. The van der Waals surface area contributed by atoms with Gasteiger partial charge in [0.25, 0.3) is 0 Å². The standard InChI is InChI=1S/C19H23NO/c1-3-4-14-20(17-11-6-5-7-12-17)15-19(21)18-13-9-8-10-16(18)2/h5-13H,3-4,14-15H2,1-2H3. The summed E-state index contributed by atoms with van der Waals surface area (Å²) in [4.78, 5) is 14.7. The van der Waals surface area contributed by atoms with Crippen molar-refractivity contribution in [1.29, 1.82) is 0 Å². The van der Waals surface area contributed by atoms with Gasteiger partial charge in [0.05, 0.1) is 6.54 Å². The molecule has 0 amide bonds. The Hall–Kier alpha value is -2.09. The van der Waals surface area contributed by atoms with Gasteiger partial charge < -0.3 is 4.90 Å². The van der Waals surface area contributed by atoms with Gasteiger partial charge in [-0.25, -0.2) is 0 Å². The van der Waals surface area contributed by atoms with Crippen LogP contribution >= 0.6 is 0 Å². The highest BCUT2D eigenvalue weighted by Crippen LogP contribution is 2.16. The van der Waals surface area contributed by atoms with E-state index in [9.17, 15) is 4.79 Å². The fourth-order valence-electron chi connectivity index (χ4n) is 2.43. The van der Waals surface area contributed by atoms with Crippen LogP contribution in [0, 0.1) is 6.92 Å². The minimum absolute atomic E-state index is 0.188. The minimum Gasteiger partial charge on any atom is -0.364 e. The number of hydrogen-bond donors (Lipinski definition) is 0. The maximum Gasteiger partial charge on any atom is 0.182 e. The lowest BCUT2D eigenvalue weighted by Crippen LogP contribution is -2.31. The van der Waals surface area contributed by atoms with E-state index in [1.165, 1.54) is 0 Å². The van der Waals surface area contributed by atoms with Crippen LogP contribution in [0.25, 0.3) is 0 Å². The van der Waals surface area contributed by atoms with E-state index in [0.29, 0.717) is 6.54 Å². The second kappa shape index (κ2) is 7.63. The van der Waals surface area contributed by atoms with Crippen LogP contribution < -0.4 is 4.90 Å². The zero-order chi connectivity index (χ0) is 15.1. The first-order valence-corrected chi connectivity index (χ1v) is 7.61. The quantitative estimate of drug-likeness (QED) is 0.697.